The summed E-state index contributed by atoms with van der Waals surface area (Å²) in [4.78, 5) is 7.31. The number of para-hydroxylation sites is 1. The highest BCUT2D eigenvalue weighted by Gasteiger charge is 1.91. The fourth-order valence-electron chi connectivity index (χ4n) is 0.869. The van der Waals surface area contributed by atoms with Crippen LogP contribution in [0.25, 0.3) is 0 Å². The molecule has 0 aliphatic carbocycles. The molecule has 5 heteroatoms. The maximum Gasteiger partial charge on any atom is 0.0872 e. The zero-order chi connectivity index (χ0) is 9.52. The first-order valence-corrected chi connectivity index (χ1v) is 4.36. The van der Waals surface area contributed by atoms with E-state index in [0.29, 0.717) is 6.61 Å². The van der Waals surface area contributed by atoms with E-state index in [1.54, 1.807) is 0 Å². The third-order valence-corrected chi connectivity index (χ3v) is 1.60. The molecule has 0 bridgehead atoms. The Labute approximate surface area is 104 Å². The highest BCUT2D eigenvalue weighted by atomic mass is 35.5. The molecule has 0 heterocycles. The van der Waals surface area contributed by atoms with Gasteiger partial charge in [0.25, 0.3) is 0 Å². The van der Waals surface area contributed by atoms with Gasteiger partial charge in [0.1, 0.15) is 0 Å². The third kappa shape index (κ3) is 8.51. The van der Waals surface area contributed by atoms with Gasteiger partial charge in [0, 0.05) is 6.54 Å². The van der Waals surface area contributed by atoms with E-state index >= 15 is 0 Å². The molecular formula is C10H18Cl2N2O. The van der Waals surface area contributed by atoms with E-state index in [1.165, 1.54) is 0 Å². The Kier molecular flexibility index (Phi) is 11.3. The lowest BCUT2D eigenvalue weighted by molar-refractivity contribution is 0.168. The monoisotopic (exact) mass is 252 g/mol. The Balaban J connectivity index is 0. The van der Waals surface area contributed by atoms with Gasteiger partial charge < -0.3 is 4.90 Å². The van der Waals surface area contributed by atoms with Crippen LogP contribution >= 0.6 is 24.8 Å². The summed E-state index contributed by atoms with van der Waals surface area (Å²) in [5, 5.41) is 0. The largest absolute Gasteiger partial charge is 0.307 e. The first-order valence-electron chi connectivity index (χ1n) is 4.36. The summed E-state index contributed by atoms with van der Waals surface area (Å²) < 4.78 is 0. The Morgan fingerprint density at radius 2 is 1.73 bits per heavy atom. The van der Waals surface area contributed by atoms with Crippen LogP contribution in [0.3, 0.4) is 0 Å². The third-order valence-electron chi connectivity index (χ3n) is 1.60. The predicted molar refractivity (Wildman–Crippen MR) is 69.1 cm³/mol. The van der Waals surface area contributed by atoms with Gasteiger partial charge in [-0.25, -0.2) is 0 Å². The fraction of sp³-hybridized carbons (Fsp3) is 0.400. The molecule has 0 aliphatic heterocycles. The maximum atomic E-state index is 5.24. The summed E-state index contributed by atoms with van der Waals surface area (Å²) in [7, 11) is 4.04. The average molecular weight is 253 g/mol. The second-order valence-corrected chi connectivity index (χ2v) is 3.12. The molecule has 0 spiro atoms. The van der Waals surface area contributed by atoms with Crippen molar-refractivity contribution < 1.29 is 4.84 Å². The van der Waals surface area contributed by atoms with E-state index in [2.05, 4.69) is 10.4 Å². The van der Waals surface area contributed by atoms with Crippen LogP contribution in [0.5, 0.6) is 0 Å². The van der Waals surface area contributed by atoms with Gasteiger partial charge in [0.15, 0.2) is 0 Å². The van der Waals surface area contributed by atoms with Crippen LogP contribution in [0.4, 0.5) is 5.69 Å². The molecule has 0 radical (unpaired) electrons. The number of halogens is 2. The molecule has 0 atom stereocenters. The number of rotatable bonds is 5. The van der Waals surface area contributed by atoms with Crippen molar-refractivity contribution in [1.82, 2.24) is 4.90 Å². The van der Waals surface area contributed by atoms with Crippen LogP contribution in [0, 0.1) is 0 Å². The van der Waals surface area contributed by atoms with Crippen LogP contribution < -0.4 is 5.48 Å². The van der Waals surface area contributed by atoms with E-state index in [1.807, 2.05) is 44.4 Å². The minimum atomic E-state index is 0. The summed E-state index contributed by atoms with van der Waals surface area (Å²) >= 11 is 0. The molecule has 15 heavy (non-hydrogen) atoms. The number of anilines is 1. The molecule has 1 aromatic carbocycles. The summed E-state index contributed by atoms with van der Waals surface area (Å²) in [5.74, 6) is 0. The van der Waals surface area contributed by atoms with E-state index < -0.39 is 0 Å². The van der Waals surface area contributed by atoms with Crippen molar-refractivity contribution in [3.8, 4) is 0 Å². The van der Waals surface area contributed by atoms with Gasteiger partial charge in [-0.15, -0.1) is 24.8 Å². The summed E-state index contributed by atoms with van der Waals surface area (Å²) in [5.41, 5.74) is 3.86. The van der Waals surface area contributed by atoms with Crippen LogP contribution in [-0.4, -0.2) is 32.1 Å². The standard InChI is InChI=1S/C10H16N2O.2ClH/c1-12(2)8-9-13-11-10-6-4-3-5-7-10;;/h3-7,11H,8-9H2,1-2H3;2*1H. The topological polar surface area (TPSA) is 24.5 Å². The van der Waals surface area contributed by atoms with Crippen LogP contribution in [0.2, 0.25) is 0 Å². The summed E-state index contributed by atoms with van der Waals surface area (Å²) in [6.45, 7) is 1.60. The number of hydrogen-bond donors (Lipinski definition) is 1. The quantitative estimate of drug-likeness (QED) is 0.644. The molecule has 0 fully saturated rings. The highest BCUT2D eigenvalue weighted by molar-refractivity contribution is 5.85. The van der Waals surface area contributed by atoms with Gasteiger partial charge in [-0.2, -0.15) is 0 Å². The van der Waals surface area contributed by atoms with Crippen molar-refractivity contribution >= 4 is 30.5 Å². The number of likely N-dealkylation sites (N-methyl/N-ethyl adjacent to an activating group) is 1. The van der Waals surface area contributed by atoms with Crippen molar-refractivity contribution in [2.45, 2.75) is 0 Å². The lowest BCUT2D eigenvalue weighted by Crippen LogP contribution is -2.19. The molecule has 1 aromatic rings. The van der Waals surface area contributed by atoms with Gasteiger partial charge >= 0.3 is 0 Å². The second kappa shape index (κ2) is 10.1. The second-order valence-electron chi connectivity index (χ2n) is 3.12. The lowest BCUT2D eigenvalue weighted by Gasteiger charge is -2.10. The van der Waals surface area contributed by atoms with Gasteiger partial charge in [-0.3, -0.25) is 10.3 Å². The van der Waals surface area contributed by atoms with E-state index in [4.69, 9.17) is 4.84 Å². The molecule has 88 valence electrons. The van der Waals surface area contributed by atoms with Crippen molar-refractivity contribution in [2.75, 3.05) is 32.7 Å². The molecule has 1 rings (SSSR count). The molecule has 3 nitrogen and oxygen atoms in total. The van der Waals surface area contributed by atoms with Gasteiger partial charge in [-0.05, 0) is 26.2 Å². The molecule has 0 amide bonds. The zero-order valence-electron chi connectivity index (χ0n) is 8.97. The molecular weight excluding hydrogens is 235 g/mol. The molecule has 0 saturated heterocycles. The smallest absolute Gasteiger partial charge is 0.0872 e. The van der Waals surface area contributed by atoms with Crippen molar-refractivity contribution in [3.63, 3.8) is 0 Å². The highest BCUT2D eigenvalue weighted by Crippen LogP contribution is 2.03. The first kappa shape index (κ1) is 16.9. The van der Waals surface area contributed by atoms with Gasteiger partial charge in [0.2, 0.25) is 0 Å². The Morgan fingerprint density at radius 3 is 2.27 bits per heavy atom. The van der Waals surface area contributed by atoms with E-state index in [9.17, 15) is 0 Å². The van der Waals surface area contributed by atoms with Gasteiger partial charge in [0.05, 0.1) is 12.3 Å². The van der Waals surface area contributed by atoms with Crippen LogP contribution in [0.15, 0.2) is 30.3 Å². The zero-order valence-corrected chi connectivity index (χ0v) is 10.6. The number of hydrogen-bond acceptors (Lipinski definition) is 3. The molecule has 0 saturated carbocycles. The number of benzene rings is 1. The van der Waals surface area contributed by atoms with Crippen LogP contribution in [-0.2, 0) is 4.84 Å². The van der Waals surface area contributed by atoms with Crippen LogP contribution in [0.1, 0.15) is 0 Å². The lowest BCUT2D eigenvalue weighted by atomic mass is 10.3. The van der Waals surface area contributed by atoms with Gasteiger partial charge in [-0.1, -0.05) is 18.2 Å². The molecule has 1 N–H and O–H groups in total. The normalized spacial score (nSPS) is 9.00. The Hall–Kier alpha value is -0.480. The SMILES string of the molecule is CN(C)CCONc1ccccc1.Cl.Cl. The van der Waals surface area contributed by atoms with E-state index in [-0.39, 0.29) is 24.8 Å². The van der Waals surface area contributed by atoms with Crippen molar-refractivity contribution in [1.29, 1.82) is 0 Å². The average Bonchev–Trinajstić information content (AvgIpc) is 2.14. The first-order chi connectivity index (χ1) is 6.29. The predicted octanol–water partition coefficient (Wildman–Crippen LogP) is 2.44. The van der Waals surface area contributed by atoms with Crippen molar-refractivity contribution in [3.05, 3.63) is 30.3 Å². The maximum absolute atomic E-state index is 5.24. The molecule has 0 unspecified atom stereocenters. The van der Waals surface area contributed by atoms with E-state index in [0.717, 1.165) is 12.2 Å². The Bertz CT molecular complexity index is 232. The Morgan fingerprint density at radius 1 is 1.13 bits per heavy atom. The number of nitrogens with zero attached hydrogens (tertiary/aromatic N) is 1. The summed E-state index contributed by atoms with van der Waals surface area (Å²) in [6, 6.07) is 9.85. The van der Waals surface area contributed by atoms with Crippen molar-refractivity contribution in [2.24, 2.45) is 0 Å². The minimum absolute atomic E-state index is 0. The fourth-order valence-corrected chi connectivity index (χ4v) is 0.869. The molecule has 0 aromatic heterocycles. The summed E-state index contributed by atoms with van der Waals surface area (Å²) in [6.07, 6.45) is 0. The minimum Gasteiger partial charge on any atom is -0.307 e. The molecule has 0 aliphatic rings. The number of nitrogens with one attached hydrogen (secondary N) is 1.